The zero-order chi connectivity index (χ0) is 24.9. The molecule has 0 atom stereocenters. The van der Waals surface area contributed by atoms with Gasteiger partial charge in [-0.3, -0.25) is 14.9 Å². The molecular formula is C20H17N9O6. The molecule has 1 amide bonds. The first-order valence-electron chi connectivity index (χ1n) is 9.78. The number of rotatable bonds is 8. The van der Waals surface area contributed by atoms with Gasteiger partial charge in [0.2, 0.25) is 11.6 Å². The van der Waals surface area contributed by atoms with E-state index >= 15 is 0 Å². The zero-order valence-electron chi connectivity index (χ0n) is 18.3. The summed E-state index contributed by atoms with van der Waals surface area (Å²) in [7, 11) is 2.98. The van der Waals surface area contributed by atoms with E-state index in [4.69, 9.17) is 15.2 Å². The summed E-state index contributed by atoms with van der Waals surface area (Å²) in [6, 6.07) is 10.6. The standard InChI is InChI=1S/C20H17N9O6/c1-33-14-5-3-4-12(17(14)34-2)10-22-24-20(30)16-15(11-6-8-13(9-7-11)29(31)32)23-27-28(16)19-18(21)25-35-26-19/h3-10H,1-2H3,(H2,21,25)(H,24,30)/b22-10-. The monoisotopic (exact) mass is 479 g/mol. The van der Waals surface area contributed by atoms with Gasteiger partial charge < -0.3 is 15.2 Å². The fraction of sp³-hybridized carbons (Fsp3) is 0.100. The molecule has 2 heterocycles. The highest BCUT2D eigenvalue weighted by Crippen LogP contribution is 2.29. The predicted molar refractivity (Wildman–Crippen MR) is 120 cm³/mol. The number of hydrogen-bond donors (Lipinski definition) is 2. The Kier molecular flexibility index (Phi) is 6.30. The largest absolute Gasteiger partial charge is 0.493 e. The van der Waals surface area contributed by atoms with Crippen molar-refractivity contribution in [2.45, 2.75) is 0 Å². The summed E-state index contributed by atoms with van der Waals surface area (Å²) >= 11 is 0. The number of carbonyl (C=O) groups excluding carboxylic acids is 1. The maximum Gasteiger partial charge on any atom is 0.292 e. The molecule has 178 valence electrons. The van der Waals surface area contributed by atoms with Crippen LogP contribution in [0, 0.1) is 10.1 Å². The molecule has 15 heteroatoms. The molecule has 35 heavy (non-hydrogen) atoms. The van der Waals surface area contributed by atoms with E-state index in [0.29, 0.717) is 22.6 Å². The molecule has 0 aliphatic heterocycles. The number of amides is 1. The number of hydrazone groups is 1. The molecule has 0 unspecified atom stereocenters. The molecule has 0 fully saturated rings. The number of methoxy groups -OCH3 is 2. The number of carbonyl (C=O) groups is 1. The summed E-state index contributed by atoms with van der Waals surface area (Å²) < 4.78 is 16.2. The van der Waals surface area contributed by atoms with Crippen molar-refractivity contribution in [3.8, 4) is 28.6 Å². The van der Waals surface area contributed by atoms with Crippen molar-refractivity contribution in [3.63, 3.8) is 0 Å². The average molecular weight is 479 g/mol. The number of aromatic nitrogens is 5. The Morgan fingerprint density at radius 1 is 1.20 bits per heavy atom. The SMILES string of the molecule is COc1cccc(/C=N\NC(=O)c2c(-c3ccc([N+](=O)[O-])cc3)nnn2-c2nonc2N)c1OC. The molecule has 4 aromatic rings. The number of nitrogens with zero attached hydrogens (tertiary/aromatic N) is 7. The van der Waals surface area contributed by atoms with E-state index in [1.54, 1.807) is 18.2 Å². The van der Waals surface area contributed by atoms with Crippen LogP contribution in [0.3, 0.4) is 0 Å². The number of nitrogens with one attached hydrogen (secondary N) is 1. The van der Waals surface area contributed by atoms with Crippen molar-refractivity contribution in [1.82, 2.24) is 30.7 Å². The van der Waals surface area contributed by atoms with Crippen LogP contribution in [0.15, 0.2) is 52.2 Å². The van der Waals surface area contributed by atoms with Gasteiger partial charge in [0, 0.05) is 23.3 Å². The highest BCUT2D eigenvalue weighted by molar-refractivity contribution is 5.99. The van der Waals surface area contributed by atoms with E-state index in [1.807, 2.05) is 0 Å². The Morgan fingerprint density at radius 3 is 2.60 bits per heavy atom. The van der Waals surface area contributed by atoms with Gasteiger partial charge in [0.05, 0.1) is 25.4 Å². The lowest BCUT2D eigenvalue weighted by Crippen LogP contribution is -2.22. The Bertz CT molecular complexity index is 1410. The van der Waals surface area contributed by atoms with Gasteiger partial charge in [0.25, 0.3) is 11.6 Å². The second-order valence-corrected chi connectivity index (χ2v) is 6.76. The van der Waals surface area contributed by atoms with E-state index in [-0.39, 0.29) is 28.7 Å². The number of non-ortho nitro benzene ring substituents is 1. The summed E-state index contributed by atoms with van der Waals surface area (Å²) in [5, 5.41) is 30.1. The van der Waals surface area contributed by atoms with Crippen LogP contribution < -0.4 is 20.6 Å². The first-order chi connectivity index (χ1) is 16.9. The van der Waals surface area contributed by atoms with Crippen LogP contribution in [0.1, 0.15) is 16.1 Å². The highest BCUT2D eigenvalue weighted by atomic mass is 16.6. The Morgan fingerprint density at radius 2 is 1.97 bits per heavy atom. The van der Waals surface area contributed by atoms with Gasteiger partial charge in [-0.2, -0.15) is 9.78 Å². The third-order valence-electron chi connectivity index (χ3n) is 4.74. The minimum Gasteiger partial charge on any atom is -0.493 e. The number of nitro groups is 1. The molecule has 0 bridgehead atoms. The summed E-state index contributed by atoms with van der Waals surface area (Å²) in [5.41, 5.74) is 8.91. The van der Waals surface area contributed by atoms with Gasteiger partial charge in [0.1, 0.15) is 5.69 Å². The number of nitrogen functional groups attached to an aromatic ring is 1. The van der Waals surface area contributed by atoms with Crippen LogP contribution in [0.2, 0.25) is 0 Å². The number of nitrogens with two attached hydrogens (primary N) is 1. The van der Waals surface area contributed by atoms with Gasteiger partial charge in [-0.15, -0.1) is 5.10 Å². The lowest BCUT2D eigenvalue weighted by Gasteiger charge is -2.09. The van der Waals surface area contributed by atoms with Crippen molar-refractivity contribution in [2.24, 2.45) is 5.10 Å². The number of anilines is 1. The first kappa shape index (κ1) is 22.8. The molecule has 3 N–H and O–H groups in total. The molecule has 2 aromatic carbocycles. The number of ether oxygens (including phenoxy) is 2. The summed E-state index contributed by atoms with van der Waals surface area (Å²) in [6.07, 6.45) is 1.37. The molecule has 15 nitrogen and oxygen atoms in total. The Hall–Kier alpha value is -5.34. The molecular weight excluding hydrogens is 462 g/mol. The normalized spacial score (nSPS) is 10.9. The van der Waals surface area contributed by atoms with Gasteiger partial charge in [-0.05, 0) is 34.6 Å². The fourth-order valence-corrected chi connectivity index (χ4v) is 3.13. The smallest absolute Gasteiger partial charge is 0.292 e. The molecule has 4 rings (SSSR count). The van der Waals surface area contributed by atoms with Crippen molar-refractivity contribution in [1.29, 1.82) is 0 Å². The maximum absolute atomic E-state index is 13.2. The van der Waals surface area contributed by atoms with E-state index in [0.717, 1.165) is 4.68 Å². The average Bonchev–Trinajstić information content (AvgIpc) is 3.49. The van der Waals surface area contributed by atoms with Gasteiger partial charge >= 0.3 is 0 Å². The topological polar surface area (TPSA) is 199 Å². The molecule has 0 saturated heterocycles. The third-order valence-corrected chi connectivity index (χ3v) is 4.74. The van der Waals surface area contributed by atoms with E-state index < -0.39 is 10.8 Å². The summed E-state index contributed by atoms with van der Waals surface area (Å²) in [4.78, 5) is 23.6. The second kappa shape index (κ2) is 9.65. The van der Waals surface area contributed by atoms with Crippen LogP contribution >= 0.6 is 0 Å². The van der Waals surface area contributed by atoms with Crippen LogP contribution in [0.5, 0.6) is 11.5 Å². The zero-order valence-corrected chi connectivity index (χ0v) is 18.3. The molecule has 0 aliphatic carbocycles. The Labute approximate surface area is 196 Å². The fourth-order valence-electron chi connectivity index (χ4n) is 3.13. The van der Waals surface area contributed by atoms with Crippen molar-refractivity contribution < 1.29 is 23.8 Å². The van der Waals surface area contributed by atoms with Crippen molar-refractivity contribution >= 4 is 23.6 Å². The van der Waals surface area contributed by atoms with Crippen LogP contribution in [-0.2, 0) is 0 Å². The van der Waals surface area contributed by atoms with Gasteiger partial charge in [-0.1, -0.05) is 11.3 Å². The molecule has 2 aromatic heterocycles. The second-order valence-electron chi connectivity index (χ2n) is 6.76. The highest BCUT2D eigenvalue weighted by Gasteiger charge is 2.26. The van der Waals surface area contributed by atoms with Crippen LogP contribution in [-0.4, -0.2) is 56.6 Å². The first-order valence-corrected chi connectivity index (χ1v) is 9.78. The third kappa shape index (κ3) is 4.45. The number of para-hydroxylation sites is 1. The maximum atomic E-state index is 13.2. The molecule has 0 radical (unpaired) electrons. The molecule has 0 saturated carbocycles. The molecule has 0 spiro atoms. The lowest BCUT2D eigenvalue weighted by molar-refractivity contribution is -0.384. The van der Waals surface area contributed by atoms with E-state index in [2.05, 4.69) is 35.8 Å². The van der Waals surface area contributed by atoms with Crippen molar-refractivity contribution in [2.75, 3.05) is 20.0 Å². The van der Waals surface area contributed by atoms with Crippen molar-refractivity contribution in [3.05, 3.63) is 63.8 Å². The lowest BCUT2D eigenvalue weighted by atomic mass is 10.1. The number of nitro benzene ring substituents is 1. The number of benzene rings is 2. The predicted octanol–water partition coefficient (Wildman–Crippen LogP) is 1.59. The van der Waals surface area contributed by atoms with Gasteiger partial charge in [0.15, 0.2) is 17.2 Å². The summed E-state index contributed by atoms with van der Waals surface area (Å²) in [5.74, 6) is -0.0332. The van der Waals surface area contributed by atoms with E-state index in [1.165, 1.54) is 44.7 Å². The van der Waals surface area contributed by atoms with Crippen LogP contribution in [0.4, 0.5) is 11.5 Å². The van der Waals surface area contributed by atoms with Crippen LogP contribution in [0.25, 0.3) is 17.1 Å². The van der Waals surface area contributed by atoms with Gasteiger partial charge in [-0.25, -0.2) is 10.1 Å². The van der Waals surface area contributed by atoms with E-state index in [9.17, 15) is 14.9 Å². The Balaban J connectivity index is 1.70. The minimum absolute atomic E-state index is 0.0748. The number of hydrogen-bond acceptors (Lipinski definition) is 12. The summed E-state index contributed by atoms with van der Waals surface area (Å²) in [6.45, 7) is 0. The minimum atomic E-state index is -0.733. The quantitative estimate of drug-likeness (QED) is 0.211. The molecule has 0 aliphatic rings.